The molecule has 0 unspecified atom stereocenters. The van der Waals surface area contributed by atoms with Crippen LogP contribution in [0.25, 0.3) is 0 Å². The summed E-state index contributed by atoms with van der Waals surface area (Å²) in [4.78, 5) is 25.9. The number of carbonyl (C=O) groups excluding carboxylic acids is 2. The van der Waals surface area contributed by atoms with Gasteiger partial charge < -0.3 is 20.4 Å². The minimum Gasteiger partial charge on any atom is -0.459 e. The van der Waals surface area contributed by atoms with Gasteiger partial charge in [0.15, 0.2) is 5.76 Å². The molecule has 1 saturated heterocycles. The van der Waals surface area contributed by atoms with E-state index in [-0.39, 0.29) is 42.5 Å². The Kier molecular flexibility index (Phi) is 4.96. The van der Waals surface area contributed by atoms with Crippen molar-refractivity contribution in [1.29, 1.82) is 0 Å². The van der Waals surface area contributed by atoms with Gasteiger partial charge >= 0.3 is 0 Å². The van der Waals surface area contributed by atoms with Gasteiger partial charge in [0.1, 0.15) is 0 Å². The number of nitrogens with two attached hydrogens (primary N) is 1. The number of nitrogens with zero attached hydrogens (tertiary/aromatic N) is 1. The van der Waals surface area contributed by atoms with E-state index in [1.54, 1.807) is 17.0 Å². The molecule has 0 radical (unpaired) electrons. The lowest BCUT2D eigenvalue weighted by Crippen LogP contribution is -2.34. The van der Waals surface area contributed by atoms with Crippen LogP contribution in [-0.2, 0) is 4.79 Å². The van der Waals surface area contributed by atoms with Gasteiger partial charge in [-0.15, -0.1) is 0 Å². The van der Waals surface area contributed by atoms with Gasteiger partial charge in [0.05, 0.1) is 6.26 Å². The van der Waals surface area contributed by atoms with E-state index in [0.29, 0.717) is 13.1 Å². The van der Waals surface area contributed by atoms with E-state index in [1.807, 2.05) is 30.3 Å². The van der Waals surface area contributed by atoms with E-state index in [1.165, 1.54) is 6.26 Å². The summed E-state index contributed by atoms with van der Waals surface area (Å²) in [7, 11) is 0. The standard InChI is InChI=1S/C18H21N3O3/c19-15-12-21(11-14(15)13-5-2-1-3-6-13)17(22)8-9-20-18(23)16-7-4-10-24-16/h1-7,10,14-15H,8-9,11-12,19H2,(H,20,23)/t14-,15+/m0/s1. The molecule has 1 aromatic heterocycles. The minimum absolute atomic E-state index is 0.00336. The van der Waals surface area contributed by atoms with E-state index < -0.39 is 0 Å². The van der Waals surface area contributed by atoms with Crippen molar-refractivity contribution in [2.75, 3.05) is 19.6 Å². The third-order valence-electron chi connectivity index (χ3n) is 4.31. The lowest BCUT2D eigenvalue weighted by molar-refractivity contribution is -0.130. The van der Waals surface area contributed by atoms with E-state index in [2.05, 4.69) is 5.32 Å². The highest BCUT2D eigenvalue weighted by molar-refractivity contribution is 5.91. The first-order valence-corrected chi connectivity index (χ1v) is 8.05. The number of rotatable bonds is 5. The average Bonchev–Trinajstić information content (AvgIpc) is 3.25. The lowest BCUT2D eigenvalue weighted by atomic mass is 9.95. The molecule has 1 fully saturated rings. The quantitative estimate of drug-likeness (QED) is 0.868. The zero-order valence-corrected chi connectivity index (χ0v) is 13.4. The highest BCUT2D eigenvalue weighted by atomic mass is 16.3. The monoisotopic (exact) mass is 327 g/mol. The Balaban J connectivity index is 1.48. The Morgan fingerprint density at radius 1 is 1.17 bits per heavy atom. The zero-order valence-electron chi connectivity index (χ0n) is 13.4. The fourth-order valence-electron chi connectivity index (χ4n) is 3.02. The number of amides is 2. The summed E-state index contributed by atoms with van der Waals surface area (Å²) < 4.78 is 5.01. The molecule has 6 heteroatoms. The first-order chi connectivity index (χ1) is 11.6. The van der Waals surface area contributed by atoms with E-state index in [0.717, 1.165) is 5.56 Å². The Bertz CT molecular complexity index is 685. The largest absolute Gasteiger partial charge is 0.459 e. The fourth-order valence-corrected chi connectivity index (χ4v) is 3.02. The fraction of sp³-hybridized carbons (Fsp3) is 0.333. The molecule has 2 aromatic rings. The minimum atomic E-state index is -0.312. The van der Waals surface area contributed by atoms with Gasteiger partial charge in [-0.25, -0.2) is 0 Å². The third-order valence-corrected chi connectivity index (χ3v) is 4.31. The average molecular weight is 327 g/mol. The molecular weight excluding hydrogens is 306 g/mol. The van der Waals surface area contributed by atoms with Crippen LogP contribution in [0.1, 0.15) is 28.5 Å². The molecule has 0 aliphatic carbocycles. The van der Waals surface area contributed by atoms with Crippen molar-refractivity contribution in [3.8, 4) is 0 Å². The van der Waals surface area contributed by atoms with Crippen molar-refractivity contribution in [2.24, 2.45) is 5.73 Å². The van der Waals surface area contributed by atoms with E-state index in [4.69, 9.17) is 10.2 Å². The van der Waals surface area contributed by atoms with Crippen LogP contribution in [0, 0.1) is 0 Å². The molecule has 3 N–H and O–H groups in total. The second kappa shape index (κ2) is 7.31. The number of nitrogens with one attached hydrogen (secondary N) is 1. The maximum atomic E-state index is 12.3. The predicted molar refractivity (Wildman–Crippen MR) is 89.4 cm³/mol. The smallest absolute Gasteiger partial charge is 0.286 e. The van der Waals surface area contributed by atoms with E-state index in [9.17, 15) is 9.59 Å². The van der Waals surface area contributed by atoms with Crippen molar-refractivity contribution in [2.45, 2.75) is 18.4 Å². The molecule has 2 amide bonds. The summed E-state index contributed by atoms with van der Waals surface area (Å²) in [6, 6.07) is 13.2. The maximum Gasteiger partial charge on any atom is 0.286 e. The van der Waals surface area contributed by atoms with Crippen molar-refractivity contribution in [3.05, 3.63) is 60.1 Å². The normalized spacial score (nSPS) is 20.1. The van der Waals surface area contributed by atoms with Gasteiger partial charge in [0, 0.05) is 38.0 Å². The maximum absolute atomic E-state index is 12.3. The zero-order chi connectivity index (χ0) is 16.9. The van der Waals surface area contributed by atoms with Crippen LogP contribution in [-0.4, -0.2) is 42.4 Å². The number of carbonyl (C=O) groups is 2. The molecule has 0 bridgehead atoms. The Labute approximate surface area is 140 Å². The SMILES string of the molecule is N[C@@H]1CN(C(=O)CCNC(=O)c2ccco2)C[C@H]1c1ccccc1. The molecule has 126 valence electrons. The van der Waals surface area contributed by atoms with Gasteiger partial charge in [-0.3, -0.25) is 9.59 Å². The number of benzene rings is 1. The summed E-state index contributed by atoms with van der Waals surface area (Å²) in [5, 5.41) is 2.68. The summed E-state index contributed by atoms with van der Waals surface area (Å²) in [6.07, 6.45) is 1.69. The van der Waals surface area contributed by atoms with Gasteiger partial charge in [-0.1, -0.05) is 30.3 Å². The molecule has 1 aromatic carbocycles. The second-order valence-corrected chi connectivity index (χ2v) is 5.96. The van der Waals surface area contributed by atoms with E-state index >= 15 is 0 Å². The van der Waals surface area contributed by atoms with Crippen molar-refractivity contribution in [1.82, 2.24) is 10.2 Å². The molecule has 0 saturated carbocycles. The summed E-state index contributed by atoms with van der Waals surface area (Å²) in [5.41, 5.74) is 7.36. The highest BCUT2D eigenvalue weighted by Gasteiger charge is 2.33. The molecule has 2 atom stereocenters. The molecule has 6 nitrogen and oxygen atoms in total. The van der Waals surface area contributed by atoms with Gasteiger partial charge in [-0.2, -0.15) is 0 Å². The number of hydrogen-bond donors (Lipinski definition) is 2. The Morgan fingerprint density at radius 2 is 1.96 bits per heavy atom. The molecule has 24 heavy (non-hydrogen) atoms. The molecule has 1 aliphatic rings. The molecule has 3 rings (SSSR count). The van der Waals surface area contributed by atoms with Crippen LogP contribution in [0.3, 0.4) is 0 Å². The topological polar surface area (TPSA) is 88.6 Å². The van der Waals surface area contributed by atoms with Crippen molar-refractivity contribution in [3.63, 3.8) is 0 Å². The van der Waals surface area contributed by atoms with Crippen LogP contribution in [0.15, 0.2) is 53.1 Å². The first-order valence-electron chi connectivity index (χ1n) is 8.05. The van der Waals surface area contributed by atoms with Gasteiger partial charge in [-0.05, 0) is 17.7 Å². The first kappa shape index (κ1) is 16.3. The summed E-state index contributed by atoms with van der Waals surface area (Å²) in [5.74, 6) is 0.0966. The highest BCUT2D eigenvalue weighted by Crippen LogP contribution is 2.26. The number of furan rings is 1. The van der Waals surface area contributed by atoms with Crippen molar-refractivity contribution < 1.29 is 14.0 Å². The van der Waals surface area contributed by atoms with Crippen LogP contribution in [0.2, 0.25) is 0 Å². The van der Waals surface area contributed by atoms with Crippen LogP contribution in [0.4, 0.5) is 0 Å². The Hall–Kier alpha value is -2.60. The van der Waals surface area contributed by atoms with Crippen LogP contribution < -0.4 is 11.1 Å². The van der Waals surface area contributed by atoms with Gasteiger partial charge in [0.25, 0.3) is 5.91 Å². The van der Waals surface area contributed by atoms with Crippen LogP contribution in [0.5, 0.6) is 0 Å². The summed E-state index contributed by atoms with van der Waals surface area (Å²) >= 11 is 0. The summed E-state index contributed by atoms with van der Waals surface area (Å²) in [6.45, 7) is 1.45. The molecule has 2 heterocycles. The third kappa shape index (κ3) is 3.65. The van der Waals surface area contributed by atoms with Gasteiger partial charge in [0.2, 0.25) is 5.91 Å². The van der Waals surface area contributed by atoms with Crippen molar-refractivity contribution >= 4 is 11.8 Å². The molecule has 0 spiro atoms. The lowest BCUT2D eigenvalue weighted by Gasteiger charge is -2.16. The van der Waals surface area contributed by atoms with Crippen LogP contribution >= 0.6 is 0 Å². The number of likely N-dealkylation sites (tertiary alicyclic amines) is 1. The Morgan fingerprint density at radius 3 is 2.67 bits per heavy atom. The second-order valence-electron chi connectivity index (χ2n) is 5.96. The predicted octanol–water partition coefficient (Wildman–Crippen LogP) is 1.35. The number of hydrogen-bond acceptors (Lipinski definition) is 4. The molecule has 1 aliphatic heterocycles. The molecular formula is C18H21N3O3.